The van der Waals surface area contributed by atoms with Crippen molar-refractivity contribution in [2.75, 3.05) is 7.05 Å². The van der Waals surface area contributed by atoms with Gasteiger partial charge in [0.25, 0.3) is 0 Å². The first-order valence-corrected chi connectivity index (χ1v) is 8.35. The van der Waals surface area contributed by atoms with Crippen molar-refractivity contribution in [3.63, 3.8) is 0 Å². The zero-order chi connectivity index (χ0) is 11.8. The Morgan fingerprint density at radius 3 is 2.88 bits per heavy atom. The number of hydrogen-bond donors (Lipinski definition) is 1. The van der Waals surface area contributed by atoms with E-state index in [4.69, 9.17) is 0 Å². The second kappa shape index (κ2) is 5.02. The van der Waals surface area contributed by atoms with Gasteiger partial charge in [0.2, 0.25) is 0 Å². The highest BCUT2D eigenvalue weighted by atomic mass is 79.9. The number of rotatable bonds is 4. The van der Waals surface area contributed by atoms with E-state index in [9.17, 15) is 0 Å². The van der Waals surface area contributed by atoms with Crippen molar-refractivity contribution in [1.82, 2.24) is 5.32 Å². The quantitative estimate of drug-likeness (QED) is 0.856. The molecule has 1 aromatic heterocycles. The molecule has 17 heavy (non-hydrogen) atoms. The monoisotopic (exact) mass is 313 g/mol. The topological polar surface area (TPSA) is 12.0 Å². The maximum atomic E-state index is 3.67. The van der Waals surface area contributed by atoms with Crippen molar-refractivity contribution in [3.05, 3.63) is 20.8 Å². The lowest BCUT2D eigenvalue weighted by atomic mass is 9.84. The van der Waals surface area contributed by atoms with Crippen LogP contribution in [0.5, 0.6) is 0 Å². The van der Waals surface area contributed by atoms with Crippen LogP contribution in [0.3, 0.4) is 0 Å². The van der Waals surface area contributed by atoms with Crippen LogP contribution >= 0.6 is 27.3 Å². The summed E-state index contributed by atoms with van der Waals surface area (Å²) in [6.45, 7) is 0. The Bertz CT molecular complexity index is 389. The molecule has 0 amide bonds. The predicted octanol–water partition coefficient (Wildman–Crippen LogP) is 4.60. The van der Waals surface area contributed by atoms with E-state index >= 15 is 0 Å². The van der Waals surface area contributed by atoms with Crippen LogP contribution in [-0.2, 0) is 0 Å². The Labute approximate surface area is 116 Å². The number of halogens is 1. The molecule has 0 radical (unpaired) electrons. The standard InChI is InChI=1S/C14H20BrNS/c1-16-13(14-12(15)4-5-17-14)8-11-7-9-2-3-10(11)6-9/h4-5,9-11,13,16H,2-3,6-8H2,1H3. The molecule has 2 bridgehead atoms. The minimum atomic E-state index is 0.550. The largest absolute Gasteiger partial charge is 0.312 e. The third-order valence-corrected chi connectivity index (χ3v) is 6.72. The summed E-state index contributed by atoms with van der Waals surface area (Å²) >= 11 is 5.54. The molecular formula is C14H20BrNS. The molecule has 0 aromatic carbocycles. The Hall–Kier alpha value is 0.140. The fourth-order valence-corrected chi connectivity index (χ4v) is 5.65. The van der Waals surface area contributed by atoms with Gasteiger partial charge in [-0.3, -0.25) is 0 Å². The van der Waals surface area contributed by atoms with Crippen molar-refractivity contribution < 1.29 is 0 Å². The Morgan fingerprint density at radius 2 is 2.35 bits per heavy atom. The fourth-order valence-electron chi connectivity index (χ4n) is 3.88. The summed E-state index contributed by atoms with van der Waals surface area (Å²) in [5, 5.41) is 5.70. The molecule has 1 nitrogen and oxygen atoms in total. The summed E-state index contributed by atoms with van der Waals surface area (Å²) in [5.41, 5.74) is 0. The number of fused-ring (bicyclic) bond motifs is 2. The highest BCUT2D eigenvalue weighted by molar-refractivity contribution is 9.10. The fraction of sp³-hybridized carbons (Fsp3) is 0.714. The van der Waals surface area contributed by atoms with Crippen molar-refractivity contribution in [2.45, 2.75) is 38.1 Å². The molecule has 4 atom stereocenters. The molecule has 1 aromatic rings. The first-order valence-electron chi connectivity index (χ1n) is 6.68. The minimum Gasteiger partial charge on any atom is -0.312 e. The number of thiophene rings is 1. The molecule has 94 valence electrons. The van der Waals surface area contributed by atoms with Crippen LogP contribution in [0.1, 0.15) is 43.0 Å². The zero-order valence-electron chi connectivity index (χ0n) is 10.3. The van der Waals surface area contributed by atoms with Gasteiger partial charge in [-0.25, -0.2) is 0 Å². The van der Waals surface area contributed by atoms with E-state index in [1.807, 2.05) is 11.3 Å². The molecule has 1 heterocycles. The Kier molecular flexibility index (Phi) is 3.60. The van der Waals surface area contributed by atoms with Crippen molar-refractivity contribution >= 4 is 27.3 Å². The van der Waals surface area contributed by atoms with E-state index in [2.05, 4.69) is 39.7 Å². The Morgan fingerprint density at radius 1 is 1.47 bits per heavy atom. The van der Waals surface area contributed by atoms with Gasteiger partial charge in [0.1, 0.15) is 0 Å². The molecule has 0 saturated heterocycles. The van der Waals surface area contributed by atoms with E-state index in [1.165, 1.54) is 41.5 Å². The third kappa shape index (κ3) is 2.34. The second-order valence-corrected chi connectivity index (χ2v) is 7.45. The molecule has 3 rings (SSSR count). The summed E-state index contributed by atoms with van der Waals surface area (Å²) in [5.74, 6) is 3.07. The highest BCUT2D eigenvalue weighted by Crippen LogP contribution is 2.51. The molecule has 0 aliphatic heterocycles. The molecule has 2 aliphatic carbocycles. The Balaban J connectivity index is 1.69. The van der Waals surface area contributed by atoms with Gasteiger partial charge in [-0.15, -0.1) is 11.3 Å². The number of hydrogen-bond acceptors (Lipinski definition) is 2. The second-order valence-electron chi connectivity index (χ2n) is 5.64. The lowest BCUT2D eigenvalue weighted by Gasteiger charge is -2.26. The van der Waals surface area contributed by atoms with Crippen molar-refractivity contribution in [3.8, 4) is 0 Å². The van der Waals surface area contributed by atoms with Crippen LogP contribution in [0.2, 0.25) is 0 Å². The lowest BCUT2D eigenvalue weighted by Crippen LogP contribution is -2.22. The molecule has 0 spiro atoms. The van der Waals surface area contributed by atoms with E-state index in [0.717, 1.165) is 17.8 Å². The van der Waals surface area contributed by atoms with Crippen molar-refractivity contribution in [2.24, 2.45) is 17.8 Å². The summed E-state index contributed by atoms with van der Waals surface area (Å²) in [4.78, 5) is 1.48. The van der Waals surface area contributed by atoms with Gasteiger partial charge < -0.3 is 5.32 Å². The molecular weight excluding hydrogens is 294 g/mol. The van der Waals surface area contributed by atoms with Gasteiger partial charge in [-0.2, -0.15) is 0 Å². The maximum absolute atomic E-state index is 3.67. The van der Waals surface area contributed by atoms with Gasteiger partial charge in [-0.05, 0) is 77.9 Å². The first-order chi connectivity index (χ1) is 8.28. The van der Waals surface area contributed by atoms with E-state index in [1.54, 1.807) is 0 Å². The van der Waals surface area contributed by atoms with E-state index < -0.39 is 0 Å². The molecule has 1 N–H and O–H groups in total. The summed E-state index contributed by atoms with van der Waals surface area (Å²) in [7, 11) is 2.10. The molecule has 2 fully saturated rings. The third-order valence-electron chi connectivity index (χ3n) is 4.73. The highest BCUT2D eigenvalue weighted by Gasteiger charge is 2.40. The number of nitrogens with one attached hydrogen (secondary N) is 1. The van der Waals surface area contributed by atoms with Gasteiger partial charge in [0, 0.05) is 15.4 Å². The smallest absolute Gasteiger partial charge is 0.0426 e. The van der Waals surface area contributed by atoms with Gasteiger partial charge in [0.15, 0.2) is 0 Å². The SMILES string of the molecule is CNC(CC1CC2CCC1C2)c1sccc1Br. The van der Waals surface area contributed by atoms with E-state index in [0.29, 0.717) is 6.04 Å². The zero-order valence-corrected chi connectivity index (χ0v) is 12.7. The van der Waals surface area contributed by atoms with Crippen LogP contribution in [0, 0.1) is 17.8 Å². The average molecular weight is 314 g/mol. The van der Waals surface area contributed by atoms with Gasteiger partial charge >= 0.3 is 0 Å². The molecule has 3 heteroatoms. The minimum absolute atomic E-state index is 0.550. The van der Waals surface area contributed by atoms with Gasteiger partial charge in [-0.1, -0.05) is 6.42 Å². The molecule has 2 saturated carbocycles. The predicted molar refractivity (Wildman–Crippen MR) is 77.4 cm³/mol. The van der Waals surface area contributed by atoms with Crippen LogP contribution in [0.4, 0.5) is 0 Å². The van der Waals surface area contributed by atoms with Crippen LogP contribution in [0.15, 0.2) is 15.9 Å². The average Bonchev–Trinajstić information content (AvgIpc) is 3.02. The maximum Gasteiger partial charge on any atom is 0.0426 e. The molecule has 4 unspecified atom stereocenters. The van der Waals surface area contributed by atoms with Crippen LogP contribution < -0.4 is 5.32 Å². The first kappa shape index (κ1) is 12.2. The summed E-state index contributed by atoms with van der Waals surface area (Å²) < 4.78 is 1.28. The lowest BCUT2D eigenvalue weighted by molar-refractivity contribution is 0.285. The summed E-state index contributed by atoms with van der Waals surface area (Å²) in [6.07, 6.45) is 7.35. The molecule has 2 aliphatic rings. The summed E-state index contributed by atoms with van der Waals surface area (Å²) in [6, 6.07) is 2.72. The van der Waals surface area contributed by atoms with E-state index in [-0.39, 0.29) is 0 Å². The van der Waals surface area contributed by atoms with Crippen molar-refractivity contribution in [1.29, 1.82) is 0 Å². The van der Waals surface area contributed by atoms with Crippen LogP contribution in [-0.4, -0.2) is 7.05 Å². The normalized spacial score (nSPS) is 33.2. The van der Waals surface area contributed by atoms with Gasteiger partial charge in [0.05, 0.1) is 0 Å². The van der Waals surface area contributed by atoms with Crippen LogP contribution in [0.25, 0.3) is 0 Å².